The normalized spacial score (nSPS) is 16.2. The Morgan fingerprint density at radius 1 is 1.20 bits per heavy atom. The van der Waals surface area contributed by atoms with Crippen LogP contribution in [0.25, 0.3) is 10.9 Å². The Bertz CT molecular complexity index is 1110. The van der Waals surface area contributed by atoms with Gasteiger partial charge in [-0.25, -0.2) is 9.67 Å². The number of carbonyl (C=O) groups is 2. The number of aryl methyl sites for hydroxylation is 3. The van der Waals surface area contributed by atoms with Gasteiger partial charge in [-0.2, -0.15) is 5.10 Å². The van der Waals surface area contributed by atoms with Gasteiger partial charge < -0.3 is 10.2 Å². The van der Waals surface area contributed by atoms with Crippen molar-refractivity contribution in [1.29, 1.82) is 0 Å². The van der Waals surface area contributed by atoms with Crippen LogP contribution in [0.3, 0.4) is 0 Å². The highest BCUT2D eigenvalue weighted by atomic mass is 16.2. The molecule has 30 heavy (non-hydrogen) atoms. The van der Waals surface area contributed by atoms with Crippen LogP contribution in [0.1, 0.15) is 46.5 Å². The lowest BCUT2D eigenvalue weighted by Gasteiger charge is -2.17. The average Bonchev–Trinajstić information content (AvgIpc) is 3.37. The first-order valence-electron chi connectivity index (χ1n) is 10.2. The summed E-state index contributed by atoms with van der Waals surface area (Å²) in [5.41, 5.74) is 2.29. The molecule has 0 spiro atoms. The van der Waals surface area contributed by atoms with Gasteiger partial charge in [0.05, 0.1) is 17.6 Å². The van der Waals surface area contributed by atoms with Gasteiger partial charge in [0.25, 0.3) is 5.91 Å². The van der Waals surface area contributed by atoms with Crippen LogP contribution >= 0.6 is 0 Å². The Labute approximate surface area is 175 Å². The Morgan fingerprint density at radius 2 is 2.00 bits per heavy atom. The zero-order valence-electron chi connectivity index (χ0n) is 17.6. The maximum atomic E-state index is 12.7. The second-order valence-corrected chi connectivity index (χ2v) is 7.70. The smallest absolute Gasteiger partial charge is 0.251 e. The number of hydrogen-bond donors (Lipinski definition) is 1. The molecule has 1 aliphatic heterocycles. The van der Waals surface area contributed by atoms with Crippen LogP contribution in [0, 0.1) is 13.8 Å². The van der Waals surface area contributed by atoms with Crippen molar-refractivity contribution < 1.29 is 9.59 Å². The predicted molar refractivity (Wildman–Crippen MR) is 113 cm³/mol. The third-order valence-corrected chi connectivity index (χ3v) is 5.67. The first-order valence-corrected chi connectivity index (χ1v) is 10.2. The molecule has 0 radical (unpaired) electrons. The van der Waals surface area contributed by atoms with E-state index in [1.807, 2.05) is 49.1 Å². The highest BCUT2D eigenvalue weighted by Gasteiger charge is 2.29. The minimum absolute atomic E-state index is 0.109. The number of nitrogens with one attached hydrogen (secondary N) is 1. The summed E-state index contributed by atoms with van der Waals surface area (Å²) in [6, 6.07) is 9.54. The van der Waals surface area contributed by atoms with Crippen molar-refractivity contribution in [3.05, 3.63) is 53.2 Å². The molecule has 1 aliphatic rings. The van der Waals surface area contributed by atoms with Gasteiger partial charge in [0, 0.05) is 43.6 Å². The number of pyridine rings is 1. The number of rotatable bonds is 5. The molecule has 1 saturated heterocycles. The first kappa shape index (κ1) is 20.0. The van der Waals surface area contributed by atoms with Gasteiger partial charge in [0.1, 0.15) is 11.6 Å². The molecule has 2 amide bonds. The molecule has 1 atom stereocenters. The van der Waals surface area contributed by atoms with Crippen LogP contribution in [-0.2, 0) is 11.3 Å². The number of nitrogens with zero attached hydrogens (tertiary/aromatic N) is 5. The maximum Gasteiger partial charge on any atom is 0.251 e. The zero-order chi connectivity index (χ0) is 21.3. The SMILES string of the molecule is CNC(=O)c1cc(C2CCN(C(=O)CCn3nc(C)nc3C)C2)nc2ccccc12. The fourth-order valence-corrected chi connectivity index (χ4v) is 4.09. The lowest BCUT2D eigenvalue weighted by atomic mass is 9.99. The molecule has 0 bridgehead atoms. The Balaban J connectivity index is 1.48. The lowest BCUT2D eigenvalue weighted by Crippen LogP contribution is -2.29. The van der Waals surface area contributed by atoms with E-state index in [0.717, 1.165) is 34.7 Å². The molecule has 1 fully saturated rings. The molecule has 1 N–H and O–H groups in total. The number of carbonyl (C=O) groups excluding carboxylic acids is 2. The van der Waals surface area contributed by atoms with Crippen molar-refractivity contribution in [1.82, 2.24) is 30.0 Å². The Kier molecular flexibility index (Phi) is 5.48. The van der Waals surface area contributed by atoms with E-state index in [2.05, 4.69) is 15.4 Å². The van der Waals surface area contributed by atoms with Crippen LogP contribution in [0.15, 0.2) is 30.3 Å². The highest BCUT2D eigenvalue weighted by molar-refractivity contribution is 6.06. The summed E-state index contributed by atoms with van der Waals surface area (Å²) in [7, 11) is 1.63. The van der Waals surface area contributed by atoms with E-state index in [-0.39, 0.29) is 17.7 Å². The summed E-state index contributed by atoms with van der Waals surface area (Å²) in [5.74, 6) is 1.64. The fraction of sp³-hybridized carbons (Fsp3) is 0.409. The second kappa shape index (κ2) is 8.22. The summed E-state index contributed by atoms with van der Waals surface area (Å²) in [4.78, 5) is 36.1. The molecule has 8 heteroatoms. The van der Waals surface area contributed by atoms with Crippen molar-refractivity contribution in [2.24, 2.45) is 0 Å². The molecule has 1 unspecified atom stereocenters. The topological polar surface area (TPSA) is 93.0 Å². The number of benzene rings is 1. The lowest BCUT2D eigenvalue weighted by molar-refractivity contribution is -0.130. The van der Waals surface area contributed by atoms with Crippen LogP contribution in [0.2, 0.25) is 0 Å². The number of hydrogen-bond acceptors (Lipinski definition) is 5. The minimum atomic E-state index is -0.126. The van der Waals surface area contributed by atoms with Gasteiger partial charge in [0.15, 0.2) is 0 Å². The van der Waals surface area contributed by atoms with E-state index in [0.29, 0.717) is 31.6 Å². The molecular formula is C22H26N6O2. The van der Waals surface area contributed by atoms with Gasteiger partial charge in [-0.05, 0) is 32.4 Å². The molecule has 8 nitrogen and oxygen atoms in total. The van der Waals surface area contributed by atoms with Crippen LogP contribution in [0.4, 0.5) is 0 Å². The van der Waals surface area contributed by atoms with Crippen molar-refractivity contribution >= 4 is 22.7 Å². The number of likely N-dealkylation sites (tertiary alicyclic amines) is 1. The van der Waals surface area contributed by atoms with Crippen molar-refractivity contribution in [2.75, 3.05) is 20.1 Å². The van der Waals surface area contributed by atoms with E-state index in [1.54, 1.807) is 11.7 Å². The number of amides is 2. The molecule has 0 aliphatic carbocycles. The molecule has 3 heterocycles. The van der Waals surface area contributed by atoms with Crippen LogP contribution in [-0.4, -0.2) is 56.6 Å². The summed E-state index contributed by atoms with van der Waals surface area (Å²) >= 11 is 0. The molecule has 156 valence electrons. The largest absolute Gasteiger partial charge is 0.355 e. The second-order valence-electron chi connectivity index (χ2n) is 7.70. The van der Waals surface area contributed by atoms with E-state index in [9.17, 15) is 9.59 Å². The minimum Gasteiger partial charge on any atom is -0.355 e. The van der Waals surface area contributed by atoms with Crippen molar-refractivity contribution in [3.63, 3.8) is 0 Å². The first-order chi connectivity index (χ1) is 14.5. The molecular weight excluding hydrogens is 380 g/mol. The Morgan fingerprint density at radius 3 is 2.73 bits per heavy atom. The Hall–Kier alpha value is -3.29. The number of aromatic nitrogens is 4. The summed E-state index contributed by atoms with van der Waals surface area (Å²) in [6.45, 7) is 5.59. The van der Waals surface area contributed by atoms with Gasteiger partial charge in [-0.1, -0.05) is 18.2 Å². The van der Waals surface area contributed by atoms with Crippen LogP contribution in [0.5, 0.6) is 0 Å². The quantitative estimate of drug-likeness (QED) is 0.701. The maximum absolute atomic E-state index is 12.7. The molecule has 1 aromatic carbocycles. The van der Waals surface area contributed by atoms with Crippen LogP contribution < -0.4 is 5.32 Å². The third-order valence-electron chi connectivity index (χ3n) is 5.67. The monoisotopic (exact) mass is 406 g/mol. The van der Waals surface area contributed by atoms with E-state index >= 15 is 0 Å². The van der Waals surface area contributed by atoms with Gasteiger partial charge >= 0.3 is 0 Å². The number of para-hydroxylation sites is 1. The predicted octanol–water partition coefficient (Wildman–Crippen LogP) is 2.21. The third kappa shape index (κ3) is 3.90. The van der Waals surface area contributed by atoms with Gasteiger partial charge in [-0.3, -0.25) is 14.6 Å². The van der Waals surface area contributed by atoms with E-state index in [4.69, 9.17) is 4.98 Å². The summed E-state index contributed by atoms with van der Waals surface area (Å²) in [6.07, 6.45) is 1.23. The number of fused-ring (bicyclic) bond motifs is 1. The highest BCUT2D eigenvalue weighted by Crippen LogP contribution is 2.29. The summed E-state index contributed by atoms with van der Waals surface area (Å²) < 4.78 is 1.78. The average molecular weight is 406 g/mol. The van der Waals surface area contributed by atoms with E-state index in [1.165, 1.54) is 0 Å². The molecule has 3 aromatic rings. The molecule has 2 aromatic heterocycles. The van der Waals surface area contributed by atoms with Crippen molar-refractivity contribution in [3.8, 4) is 0 Å². The van der Waals surface area contributed by atoms with Gasteiger partial charge in [0.2, 0.25) is 5.91 Å². The summed E-state index contributed by atoms with van der Waals surface area (Å²) in [5, 5.41) is 7.87. The standard InChI is InChI=1S/C22H26N6O2/c1-14-24-15(2)28(26-14)11-9-21(29)27-10-8-16(13-27)20-12-18(22(30)23-3)17-6-4-5-7-19(17)25-20/h4-7,12,16H,8-11,13H2,1-3H3,(H,23,30). The molecule has 0 saturated carbocycles. The van der Waals surface area contributed by atoms with Crippen molar-refractivity contribution in [2.45, 2.75) is 39.2 Å². The zero-order valence-corrected chi connectivity index (χ0v) is 17.6. The van der Waals surface area contributed by atoms with E-state index < -0.39 is 0 Å². The molecule has 4 rings (SSSR count). The van der Waals surface area contributed by atoms with Gasteiger partial charge in [-0.15, -0.1) is 0 Å². The fourth-order valence-electron chi connectivity index (χ4n) is 4.09.